The standard InChI is InChI=1S/C48H53N3O8/c1-50-21-18-33-27-41(54-4)43-29-37(33)38(50)24-30-8-13-36(14-9-30)58-42-26-31(10-17-40(42)57-23-7-20-49-48(52)32-11-15-35(53-3)16-12-32)25-39-45-34(19-22-51(39)2)28-44(55-5)46(56-6)47(45)59-43/h8-17,26-29,38-39H,7,18-25H2,1-6H3,(H,49,52). The lowest BCUT2D eigenvalue weighted by Gasteiger charge is -2.37. The lowest BCUT2D eigenvalue weighted by molar-refractivity contribution is 0.0951. The van der Waals surface area contributed by atoms with Gasteiger partial charge in [-0.25, -0.2) is 0 Å². The minimum absolute atomic E-state index is 0.0665. The fourth-order valence-corrected chi connectivity index (χ4v) is 8.53. The number of likely N-dealkylation sites (N-methyl/N-ethyl adjacent to an activating group) is 2. The highest BCUT2D eigenvalue weighted by molar-refractivity contribution is 5.94. The molecule has 2 unspecified atom stereocenters. The van der Waals surface area contributed by atoms with E-state index in [1.807, 2.05) is 18.2 Å². The van der Waals surface area contributed by atoms with Crippen molar-refractivity contribution in [3.63, 3.8) is 0 Å². The van der Waals surface area contributed by atoms with Crippen molar-refractivity contribution in [3.8, 4) is 51.7 Å². The lowest BCUT2D eigenvalue weighted by Crippen LogP contribution is -2.34. The Kier molecular flexibility index (Phi) is 11.8. The zero-order valence-corrected chi connectivity index (χ0v) is 34.8. The van der Waals surface area contributed by atoms with Crippen molar-refractivity contribution in [1.82, 2.24) is 15.1 Å². The van der Waals surface area contributed by atoms with Crippen LogP contribution in [0.4, 0.5) is 0 Å². The number of hydrogen-bond acceptors (Lipinski definition) is 10. The van der Waals surface area contributed by atoms with E-state index >= 15 is 0 Å². The molecule has 0 fully saturated rings. The molecule has 5 aromatic rings. The van der Waals surface area contributed by atoms with Gasteiger partial charge in [-0.05, 0) is 141 Å². The fraction of sp³-hybridized carbons (Fsp3) is 0.354. The Morgan fingerprint density at radius 2 is 1.37 bits per heavy atom. The maximum atomic E-state index is 12.7. The Labute approximate surface area is 346 Å². The average molecular weight is 800 g/mol. The van der Waals surface area contributed by atoms with Crippen molar-refractivity contribution in [1.29, 1.82) is 0 Å². The first-order valence-corrected chi connectivity index (χ1v) is 20.3. The monoisotopic (exact) mass is 799 g/mol. The van der Waals surface area contributed by atoms with Gasteiger partial charge in [-0.15, -0.1) is 0 Å². The lowest BCUT2D eigenvalue weighted by atomic mass is 9.87. The van der Waals surface area contributed by atoms with Gasteiger partial charge in [0.25, 0.3) is 5.91 Å². The molecular weight excluding hydrogens is 747 g/mol. The Morgan fingerprint density at radius 1 is 0.695 bits per heavy atom. The molecule has 1 N–H and O–H groups in total. The van der Waals surface area contributed by atoms with E-state index in [4.69, 9.17) is 33.2 Å². The van der Waals surface area contributed by atoms with E-state index in [1.165, 1.54) is 16.7 Å². The summed E-state index contributed by atoms with van der Waals surface area (Å²) in [5, 5.41) is 2.99. The molecule has 9 rings (SSSR count). The largest absolute Gasteiger partial charge is 0.497 e. The van der Waals surface area contributed by atoms with Gasteiger partial charge in [-0.1, -0.05) is 18.2 Å². The molecule has 308 valence electrons. The molecule has 0 aromatic heterocycles. The van der Waals surface area contributed by atoms with Gasteiger partial charge in [-0.3, -0.25) is 14.6 Å². The summed E-state index contributed by atoms with van der Waals surface area (Å²) in [6.07, 6.45) is 3.82. The number of rotatable bonds is 10. The van der Waals surface area contributed by atoms with Crippen LogP contribution in [0.5, 0.6) is 51.7 Å². The molecule has 2 atom stereocenters. The summed E-state index contributed by atoms with van der Waals surface area (Å²) >= 11 is 0. The van der Waals surface area contributed by atoms with Gasteiger partial charge in [-0.2, -0.15) is 0 Å². The van der Waals surface area contributed by atoms with Crippen LogP contribution in [0.1, 0.15) is 62.2 Å². The van der Waals surface area contributed by atoms with Crippen molar-refractivity contribution < 1.29 is 38.0 Å². The van der Waals surface area contributed by atoms with Gasteiger partial charge in [0.05, 0.1) is 35.0 Å². The van der Waals surface area contributed by atoms with Crippen LogP contribution in [0.25, 0.3) is 0 Å². The fourth-order valence-electron chi connectivity index (χ4n) is 8.53. The second kappa shape index (κ2) is 17.5. The molecule has 0 saturated heterocycles. The quantitative estimate of drug-likeness (QED) is 0.139. The Balaban J connectivity index is 1.15. The number of amides is 1. The van der Waals surface area contributed by atoms with Crippen LogP contribution in [0.15, 0.2) is 84.9 Å². The number of ether oxygens (including phenoxy) is 7. The number of nitrogens with zero attached hydrogens (tertiary/aromatic N) is 2. The topological polar surface area (TPSA) is 100 Å². The van der Waals surface area contributed by atoms with Crippen molar-refractivity contribution in [2.75, 3.05) is 68.8 Å². The molecule has 4 aliphatic rings. The van der Waals surface area contributed by atoms with Crippen LogP contribution >= 0.6 is 0 Å². The average Bonchev–Trinajstić information content (AvgIpc) is 3.26. The summed E-state index contributed by atoms with van der Waals surface area (Å²) in [6, 6.07) is 28.0. The molecular formula is C48H53N3O8. The number of hydrogen-bond donors (Lipinski definition) is 1. The molecule has 11 nitrogen and oxygen atoms in total. The maximum Gasteiger partial charge on any atom is 0.251 e. The molecule has 59 heavy (non-hydrogen) atoms. The highest BCUT2D eigenvalue weighted by atomic mass is 16.5. The Morgan fingerprint density at radius 3 is 2.10 bits per heavy atom. The number of fused-ring (bicyclic) bond motifs is 2. The van der Waals surface area contributed by atoms with E-state index in [2.05, 4.69) is 71.7 Å². The third kappa shape index (κ3) is 8.35. The summed E-state index contributed by atoms with van der Waals surface area (Å²) in [5.41, 5.74) is 7.53. The first-order valence-electron chi connectivity index (χ1n) is 20.3. The van der Waals surface area contributed by atoms with E-state index in [-0.39, 0.29) is 18.0 Å². The summed E-state index contributed by atoms with van der Waals surface area (Å²) in [7, 11) is 11.0. The highest BCUT2D eigenvalue weighted by Crippen LogP contribution is 2.52. The molecule has 4 aliphatic heterocycles. The third-order valence-electron chi connectivity index (χ3n) is 11.8. The van der Waals surface area contributed by atoms with Gasteiger partial charge in [0.1, 0.15) is 11.5 Å². The van der Waals surface area contributed by atoms with Gasteiger partial charge < -0.3 is 38.5 Å². The summed E-state index contributed by atoms with van der Waals surface area (Å²) in [5.74, 6) is 5.66. The number of nitrogens with one attached hydrogen (secondary N) is 1. The maximum absolute atomic E-state index is 12.7. The molecule has 0 saturated carbocycles. The minimum Gasteiger partial charge on any atom is -0.497 e. The number of carbonyl (C=O) groups is 1. The van der Waals surface area contributed by atoms with Crippen molar-refractivity contribution in [3.05, 3.63) is 124 Å². The van der Waals surface area contributed by atoms with Crippen LogP contribution in [0.3, 0.4) is 0 Å². The van der Waals surface area contributed by atoms with Crippen LogP contribution < -0.4 is 38.5 Å². The van der Waals surface area contributed by atoms with Gasteiger partial charge in [0.15, 0.2) is 34.5 Å². The number of benzene rings is 5. The minimum atomic E-state index is -0.142. The van der Waals surface area contributed by atoms with E-state index in [0.29, 0.717) is 77.6 Å². The van der Waals surface area contributed by atoms with Crippen LogP contribution in [-0.4, -0.2) is 84.5 Å². The predicted octanol–water partition coefficient (Wildman–Crippen LogP) is 8.36. The highest BCUT2D eigenvalue weighted by Gasteiger charge is 2.35. The normalized spacial score (nSPS) is 17.3. The van der Waals surface area contributed by atoms with Crippen molar-refractivity contribution in [2.45, 2.75) is 44.2 Å². The molecule has 4 heterocycles. The molecule has 5 aromatic carbocycles. The van der Waals surface area contributed by atoms with Crippen molar-refractivity contribution in [2.24, 2.45) is 0 Å². The second-order valence-electron chi connectivity index (χ2n) is 15.4. The molecule has 6 bridgehead atoms. The SMILES string of the molecule is COc1ccc(C(=O)NCCCOc2ccc3cc2Oc2ccc(cc2)CC2c4cc(c(OC)cc4CCN2C)Oc2c(OC)c(OC)cc4c2C(C3)N(C)CC4)cc1. The summed E-state index contributed by atoms with van der Waals surface area (Å²) in [4.78, 5) is 17.5. The first kappa shape index (κ1) is 39.9. The zero-order valence-electron chi connectivity index (χ0n) is 34.8. The third-order valence-corrected chi connectivity index (χ3v) is 11.8. The van der Waals surface area contributed by atoms with E-state index in [1.54, 1.807) is 52.7 Å². The summed E-state index contributed by atoms with van der Waals surface area (Å²) < 4.78 is 43.4. The van der Waals surface area contributed by atoms with Crippen LogP contribution in [-0.2, 0) is 25.7 Å². The zero-order chi connectivity index (χ0) is 41.0. The van der Waals surface area contributed by atoms with Crippen LogP contribution in [0, 0.1) is 0 Å². The molecule has 11 heteroatoms. The van der Waals surface area contributed by atoms with E-state index < -0.39 is 0 Å². The Bertz CT molecular complexity index is 2290. The number of methoxy groups -OCH3 is 4. The molecule has 0 aliphatic carbocycles. The first-order chi connectivity index (χ1) is 28.8. The van der Waals surface area contributed by atoms with E-state index in [9.17, 15) is 4.79 Å². The summed E-state index contributed by atoms with van der Waals surface area (Å²) in [6.45, 7) is 2.63. The molecule has 0 radical (unpaired) electrons. The van der Waals surface area contributed by atoms with Gasteiger partial charge in [0.2, 0.25) is 5.75 Å². The Hall–Kier alpha value is -5.91. The van der Waals surface area contributed by atoms with Gasteiger partial charge >= 0.3 is 0 Å². The van der Waals surface area contributed by atoms with Gasteiger partial charge in [0, 0.05) is 42.8 Å². The van der Waals surface area contributed by atoms with Crippen LogP contribution in [0.2, 0.25) is 0 Å². The smallest absolute Gasteiger partial charge is 0.251 e. The molecule has 0 spiro atoms. The van der Waals surface area contributed by atoms with E-state index in [0.717, 1.165) is 54.8 Å². The molecule has 1 amide bonds. The predicted molar refractivity (Wildman–Crippen MR) is 227 cm³/mol. The second-order valence-corrected chi connectivity index (χ2v) is 15.4. The van der Waals surface area contributed by atoms with Crippen molar-refractivity contribution >= 4 is 5.91 Å². The number of carbonyl (C=O) groups excluding carboxylic acids is 1.